The molecule has 1 aliphatic heterocycles. The Hall–Kier alpha value is -0.170. The number of rotatable bonds is 4. The second-order valence-electron chi connectivity index (χ2n) is 4.08. The van der Waals surface area contributed by atoms with Crippen molar-refractivity contribution in [3.8, 4) is 0 Å². The fourth-order valence-electron chi connectivity index (χ4n) is 1.65. The molecule has 1 rings (SSSR count). The molecule has 15 heavy (non-hydrogen) atoms. The highest BCUT2D eigenvalue weighted by atomic mass is 32.2. The normalized spacial score (nSPS) is 24.7. The van der Waals surface area contributed by atoms with E-state index in [0.29, 0.717) is 18.7 Å². The van der Waals surface area contributed by atoms with Gasteiger partial charge in [0.1, 0.15) is 0 Å². The lowest BCUT2D eigenvalue weighted by atomic mass is 10.2. The molecule has 1 fully saturated rings. The summed E-state index contributed by atoms with van der Waals surface area (Å²) < 4.78 is 22.6. The minimum Gasteiger partial charge on any atom is -0.395 e. The maximum absolute atomic E-state index is 11.3. The summed E-state index contributed by atoms with van der Waals surface area (Å²) in [7, 11) is -2.82. The Morgan fingerprint density at radius 2 is 2.07 bits per heavy atom. The molecule has 0 spiro atoms. The van der Waals surface area contributed by atoms with E-state index >= 15 is 0 Å². The van der Waals surface area contributed by atoms with Crippen molar-refractivity contribution in [1.82, 2.24) is 4.90 Å². The molecular weight excluding hydrogens is 216 g/mol. The summed E-state index contributed by atoms with van der Waals surface area (Å²) in [4.78, 5) is 2.11. The molecule has 0 aromatic carbocycles. The van der Waals surface area contributed by atoms with Gasteiger partial charge < -0.3 is 15.7 Å². The summed E-state index contributed by atoms with van der Waals surface area (Å²) >= 11 is 0. The van der Waals surface area contributed by atoms with Gasteiger partial charge in [-0.05, 0) is 25.9 Å². The van der Waals surface area contributed by atoms with Crippen LogP contribution in [0, 0.1) is 0 Å². The van der Waals surface area contributed by atoms with Crippen molar-refractivity contribution in [3.05, 3.63) is 0 Å². The molecule has 0 aliphatic carbocycles. The van der Waals surface area contributed by atoms with Gasteiger partial charge >= 0.3 is 0 Å². The van der Waals surface area contributed by atoms with Crippen molar-refractivity contribution in [3.63, 3.8) is 0 Å². The molecule has 3 N–H and O–H groups in total. The molecule has 0 amide bonds. The predicted octanol–water partition coefficient (Wildman–Crippen LogP) is -1.18. The number of aliphatic hydroxyl groups excluding tert-OH is 1. The summed E-state index contributed by atoms with van der Waals surface area (Å²) in [6.45, 7) is 2.18. The lowest BCUT2D eigenvalue weighted by molar-refractivity contribution is 0.230. The Balaban J connectivity index is 2.32. The third-order valence-electron chi connectivity index (χ3n) is 2.70. The largest absolute Gasteiger partial charge is 0.395 e. The van der Waals surface area contributed by atoms with Gasteiger partial charge in [0.15, 0.2) is 9.84 Å². The summed E-state index contributed by atoms with van der Waals surface area (Å²) in [6, 6.07) is -0.190. The maximum atomic E-state index is 11.3. The van der Waals surface area contributed by atoms with Crippen LogP contribution in [0.25, 0.3) is 0 Å². The lowest BCUT2D eigenvalue weighted by Crippen LogP contribution is -2.34. The fourth-order valence-corrected chi connectivity index (χ4v) is 2.96. The average molecular weight is 236 g/mol. The van der Waals surface area contributed by atoms with Crippen LogP contribution in [0.1, 0.15) is 12.8 Å². The van der Waals surface area contributed by atoms with Crippen molar-refractivity contribution in [2.45, 2.75) is 18.9 Å². The molecule has 0 aromatic rings. The fraction of sp³-hybridized carbons (Fsp3) is 1.00. The summed E-state index contributed by atoms with van der Waals surface area (Å²) in [6.07, 6.45) is 1.42. The van der Waals surface area contributed by atoms with E-state index in [2.05, 4.69) is 4.90 Å². The maximum Gasteiger partial charge on any atom is 0.151 e. The third-order valence-corrected chi connectivity index (χ3v) is 4.41. The first-order chi connectivity index (χ1) is 7.03. The highest BCUT2D eigenvalue weighted by molar-refractivity contribution is 7.91. The second kappa shape index (κ2) is 5.79. The van der Waals surface area contributed by atoms with Gasteiger partial charge in [-0.15, -0.1) is 0 Å². The van der Waals surface area contributed by atoms with E-state index in [1.54, 1.807) is 0 Å². The van der Waals surface area contributed by atoms with E-state index in [1.807, 2.05) is 0 Å². The van der Waals surface area contributed by atoms with E-state index in [4.69, 9.17) is 10.8 Å². The predicted molar refractivity (Wildman–Crippen MR) is 59.4 cm³/mol. The molecule has 1 aliphatic rings. The molecule has 0 radical (unpaired) electrons. The standard InChI is InChI=1S/C9H20N2O3S/c10-9(8-12)2-4-11-3-1-6-15(13,14)7-5-11/h9,12H,1-8,10H2. The number of hydrogen-bond donors (Lipinski definition) is 2. The number of hydrogen-bond acceptors (Lipinski definition) is 5. The summed E-state index contributed by atoms with van der Waals surface area (Å²) in [5.74, 6) is 0.552. The van der Waals surface area contributed by atoms with Crippen LogP contribution in [0.5, 0.6) is 0 Å². The Bertz CT molecular complexity index is 279. The zero-order valence-corrected chi connectivity index (χ0v) is 9.75. The molecule has 1 heterocycles. The molecule has 1 saturated heterocycles. The number of nitrogens with zero attached hydrogens (tertiary/aromatic N) is 1. The molecule has 1 unspecified atom stereocenters. The van der Waals surface area contributed by atoms with Gasteiger partial charge in [-0.2, -0.15) is 0 Å². The first-order valence-corrected chi connectivity index (χ1v) is 7.15. The molecule has 1 atom stereocenters. The van der Waals surface area contributed by atoms with E-state index < -0.39 is 9.84 Å². The quantitative estimate of drug-likeness (QED) is 0.642. The molecule has 0 saturated carbocycles. The van der Waals surface area contributed by atoms with Crippen LogP contribution in [-0.4, -0.2) is 62.2 Å². The Morgan fingerprint density at radius 3 is 2.73 bits per heavy atom. The van der Waals surface area contributed by atoms with Gasteiger partial charge in [0.25, 0.3) is 0 Å². The Kier molecular flexibility index (Phi) is 4.98. The molecule has 90 valence electrons. The van der Waals surface area contributed by atoms with Crippen LogP contribution in [0.3, 0.4) is 0 Å². The van der Waals surface area contributed by atoms with Gasteiger partial charge in [0, 0.05) is 12.6 Å². The molecule has 5 nitrogen and oxygen atoms in total. The first-order valence-electron chi connectivity index (χ1n) is 5.33. The minimum atomic E-state index is -2.82. The zero-order valence-electron chi connectivity index (χ0n) is 8.93. The SMILES string of the molecule is NC(CO)CCN1CCCS(=O)(=O)CC1. The van der Waals surface area contributed by atoms with Crippen LogP contribution in [0.15, 0.2) is 0 Å². The lowest BCUT2D eigenvalue weighted by Gasteiger charge is -2.20. The number of aliphatic hydroxyl groups is 1. The van der Waals surface area contributed by atoms with E-state index in [9.17, 15) is 8.42 Å². The van der Waals surface area contributed by atoms with Crippen molar-refractivity contribution in [1.29, 1.82) is 0 Å². The van der Waals surface area contributed by atoms with Crippen molar-refractivity contribution < 1.29 is 13.5 Å². The minimum absolute atomic E-state index is 0.00780. The Labute approximate surface area is 91.2 Å². The van der Waals surface area contributed by atoms with Crippen molar-refractivity contribution >= 4 is 9.84 Å². The van der Waals surface area contributed by atoms with E-state index in [0.717, 1.165) is 19.5 Å². The Morgan fingerprint density at radius 1 is 1.33 bits per heavy atom. The van der Waals surface area contributed by atoms with Gasteiger partial charge in [0.2, 0.25) is 0 Å². The van der Waals surface area contributed by atoms with Crippen molar-refractivity contribution in [2.24, 2.45) is 5.73 Å². The van der Waals surface area contributed by atoms with Crippen LogP contribution >= 0.6 is 0 Å². The second-order valence-corrected chi connectivity index (χ2v) is 6.38. The molecule has 0 aromatic heterocycles. The average Bonchev–Trinajstić information content (AvgIpc) is 2.36. The van der Waals surface area contributed by atoms with Crippen molar-refractivity contribution in [2.75, 3.05) is 37.7 Å². The van der Waals surface area contributed by atoms with Crippen LogP contribution in [-0.2, 0) is 9.84 Å². The molecular formula is C9H20N2O3S. The zero-order chi connectivity index (χ0) is 11.3. The topological polar surface area (TPSA) is 83.6 Å². The summed E-state index contributed by atoms with van der Waals surface area (Å²) in [5, 5.41) is 8.76. The number of sulfone groups is 1. The molecule has 6 heteroatoms. The van der Waals surface area contributed by atoms with Gasteiger partial charge in [-0.3, -0.25) is 0 Å². The molecule has 0 bridgehead atoms. The smallest absolute Gasteiger partial charge is 0.151 e. The summed E-state index contributed by atoms with van der Waals surface area (Å²) in [5.41, 5.74) is 5.59. The highest BCUT2D eigenvalue weighted by Crippen LogP contribution is 2.05. The monoisotopic (exact) mass is 236 g/mol. The van der Waals surface area contributed by atoms with Gasteiger partial charge in [0.05, 0.1) is 18.1 Å². The van der Waals surface area contributed by atoms with Gasteiger partial charge in [-0.1, -0.05) is 0 Å². The third kappa shape index (κ3) is 4.92. The van der Waals surface area contributed by atoms with Crippen LogP contribution < -0.4 is 5.73 Å². The number of nitrogens with two attached hydrogens (primary N) is 1. The van der Waals surface area contributed by atoms with Gasteiger partial charge in [-0.25, -0.2) is 8.42 Å². The highest BCUT2D eigenvalue weighted by Gasteiger charge is 2.18. The van der Waals surface area contributed by atoms with Crippen LogP contribution in [0.2, 0.25) is 0 Å². The van der Waals surface area contributed by atoms with Crippen LogP contribution in [0.4, 0.5) is 0 Å². The van der Waals surface area contributed by atoms with E-state index in [1.165, 1.54) is 0 Å². The first kappa shape index (κ1) is 12.9. The van der Waals surface area contributed by atoms with E-state index in [-0.39, 0.29) is 18.4 Å².